The lowest BCUT2D eigenvalue weighted by atomic mass is 10.1. The number of nitrogens with zero attached hydrogens (tertiary/aromatic N) is 3. The quantitative estimate of drug-likeness (QED) is 0.879. The van der Waals surface area contributed by atoms with E-state index in [1.165, 1.54) is 12.8 Å². The molecule has 1 aliphatic heterocycles. The Balaban J connectivity index is 1.81. The van der Waals surface area contributed by atoms with Gasteiger partial charge in [0.25, 0.3) is 0 Å². The number of anilines is 2. The standard InChI is InChI=1S/C13H20N4O/c1-18-10-3-2-6-17(8-10)12-7-11(14)15-13(16-12)9-4-5-9/h7,9-10H,2-6,8H2,1H3,(H2,14,15,16). The largest absolute Gasteiger partial charge is 0.384 e. The molecular weight excluding hydrogens is 228 g/mol. The minimum absolute atomic E-state index is 0.305. The van der Waals surface area contributed by atoms with Gasteiger partial charge in [-0.25, -0.2) is 9.97 Å². The third kappa shape index (κ3) is 2.41. The first-order valence-corrected chi connectivity index (χ1v) is 6.68. The molecule has 2 N–H and O–H groups in total. The minimum Gasteiger partial charge on any atom is -0.384 e. The van der Waals surface area contributed by atoms with Crippen LogP contribution < -0.4 is 10.6 Å². The number of piperidine rings is 1. The predicted octanol–water partition coefficient (Wildman–Crippen LogP) is 1.55. The molecule has 1 aromatic heterocycles. The summed E-state index contributed by atoms with van der Waals surface area (Å²) in [4.78, 5) is 11.3. The molecule has 1 aromatic rings. The Kier molecular flexibility index (Phi) is 3.07. The van der Waals surface area contributed by atoms with E-state index in [4.69, 9.17) is 10.5 Å². The second-order valence-electron chi connectivity index (χ2n) is 5.23. The Hall–Kier alpha value is -1.36. The number of nitrogen functional groups attached to an aromatic ring is 1. The molecule has 0 bridgehead atoms. The smallest absolute Gasteiger partial charge is 0.136 e. The van der Waals surface area contributed by atoms with Gasteiger partial charge in [0.15, 0.2) is 0 Å². The molecule has 18 heavy (non-hydrogen) atoms. The maximum absolute atomic E-state index is 5.89. The van der Waals surface area contributed by atoms with Crippen molar-refractivity contribution in [2.75, 3.05) is 30.8 Å². The van der Waals surface area contributed by atoms with Crippen LogP contribution >= 0.6 is 0 Å². The predicted molar refractivity (Wildman–Crippen MR) is 70.7 cm³/mol. The first kappa shape index (κ1) is 11.7. The monoisotopic (exact) mass is 248 g/mol. The molecule has 1 saturated heterocycles. The van der Waals surface area contributed by atoms with Gasteiger partial charge in [-0.05, 0) is 25.7 Å². The number of methoxy groups -OCH3 is 1. The molecule has 2 heterocycles. The van der Waals surface area contributed by atoms with Crippen LogP contribution in [0.25, 0.3) is 0 Å². The maximum Gasteiger partial charge on any atom is 0.136 e. The van der Waals surface area contributed by atoms with Crippen LogP contribution in [0.15, 0.2) is 6.07 Å². The molecule has 2 aliphatic rings. The highest BCUT2D eigenvalue weighted by atomic mass is 16.5. The van der Waals surface area contributed by atoms with E-state index in [9.17, 15) is 0 Å². The number of hydrogen-bond acceptors (Lipinski definition) is 5. The lowest BCUT2D eigenvalue weighted by Gasteiger charge is -2.32. The van der Waals surface area contributed by atoms with Crippen LogP contribution in [-0.2, 0) is 4.74 Å². The van der Waals surface area contributed by atoms with Crippen LogP contribution in [-0.4, -0.2) is 36.3 Å². The maximum atomic E-state index is 5.89. The third-order valence-corrected chi connectivity index (χ3v) is 3.73. The van der Waals surface area contributed by atoms with Crippen LogP contribution in [0.4, 0.5) is 11.6 Å². The van der Waals surface area contributed by atoms with Crippen molar-refractivity contribution in [1.82, 2.24) is 9.97 Å². The third-order valence-electron chi connectivity index (χ3n) is 3.73. The second-order valence-corrected chi connectivity index (χ2v) is 5.23. The fourth-order valence-electron chi connectivity index (χ4n) is 2.50. The lowest BCUT2D eigenvalue weighted by molar-refractivity contribution is 0.0891. The highest BCUT2D eigenvalue weighted by Crippen LogP contribution is 2.39. The molecule has 5 nitrogen and oxygen atoms in total. The highest BCUT2D eigenvalue weighted by molar-refractivity contribution is 5.48. The van der Waals surface area contributed by atoms with Gasteiger partial charge in [-0.1, -0.05) is 0 Å². The minimum atomic E-state index is 0.305. The summed E-state index contributed by atoms with van der Waals surface area (Å²) in [7, 11) is 1.78. The summed E-state index contributed by atoms with van der Waals surface area (Å²) < 4.78 is 5.45. The van der Waals surface area contributed by atoms with Gasteiger partial charge in [-0.3, -0.25) is 0 Å². The summed E-state index contributed by atoms with van der Waals surface area (Å²) in [5, 5.41) is 0. The van der Waals surface area contributed by atoms with Crippen LogP contribution in [0.2, 0.25) is 0 Å². The van der Waals surface area contributed by atoms with Crippen molar-refractivity contribution in [3.63, 3.8) is 0 Å². The molecule has 0 radical (unpaired) electrons. The van der Waals surface area contributed by atoms with E-state index in [2.05, 4.69) is 14.9 Å². The van der Waals surface area contributed by atoms with Gasteiger partial charge < -0.3 is 15.4 Å². The molecule has 1 saturated carbocycles. The molecule has 1 unspecified atom stereocenters. The summed E-state index contributed by atoms with van der Waals surface area (Å²) >= 11 is 0. The molecule has 5 heteroatoms. The topological polar surface area (TPSA) is 64.3 Å². The number of hydrogen-bond donors (Lipinski definition) is 1. The van der Waals surface area contributed by atoms with Gasteiger partial charge in [0.05, 0.1) is 6.10 Å². The highest BCUT2D eigenvalue weighted by Gasteiger charge is 2.28. The first-order valence-electron chi connectivity index (χ1n) is 6.68. The van der Waals surface area contributed by atoms with Crippen molar-refractivity contribution in [2.24, 2.45) is 0 Å². The van der Waals surface area contributed by atoms with E-state index in [-0.39, 0.29) is 0 Å². The zero-order chi connectivity index (χ0) is 12.5. The van der Waals surface area contributed by atoms with Crippen molar-refractivity contribution >= 4 is 11.6 Å². The fourth-order valence-corrected chi connectivity index (χ4v) is 2.50. The average Bonchev–Trinajstić information content (AvgIpc) is 3.22. The SMILES string of the molecule is COC1CCCN(c2cc(N)nc(C3CC3)n2)C1. The summed E-state index contributed by atoms with van der Waals surface area (Å²) in [5.74, 6) is 3.01. The average molecular weight is 248 g/mol. The van der Waals surface area contributed by atoms with Crippen molar-refractivity contribution in [1.29, 1.82) is 0 Å². The Morgan fingerprint density at radius 3 is 2.89 bits per heavy atom. The molecule has 0 amide bonds. The zero-order valence-electron chi connectivity index (χ0n) is 10.8. The Morgan fingerprint density at radius 1 is 1.33 bits per heavy atom. The molecule has 1 aliphatic carbocycles. The Labute approximate surface area is 107 Å². The van der Waals surface area contributed by atoms with E-state index in [0.717, 1.165) is 37.6 Å². The van der Waals surface area contributed by atoms with Crippen molar-refractivity contribution < 1.29 is 4.74 Å². The number of rotatable bonds is 3. The Bertz CT molecular complexity index is 433. The van der Waals surface area contributed by atoms with E-state index >= 15 is 0 Å². The van der Waals surface area contributed by atoms with Gasteiger partial charge in [0.1, 0.15) is 17.5 Å². The first-order chi connectivity index (χ1) is 8.76. The summed E-state index contributed by atoms with van der Waals surface area (Å²) in [6.07, 6.45) is 4.97. The van der Waals surface area contributed by atoms with Gasteiger partial charge in [0, 0.05) is 32.2 Å². The zero-order valence-corrected chi connectivity index (χ0v) is 10.8. The molecular formula is C13H20N4O. The van der Waals surface area contributed by atoms with Crippen LogP contribution in [0.3, 0.4) is 0 Å². The van der Waals surface area contributed by atoms with E-state index < -0.39 is 0 Å². The second kappa shape index (κ2) is 4.72. The number of aromatic nitrogens is 2. The van der Waals surface area contributed by atoms with Gasteiger partial charge in [-0.2, -0.15) is 0 Å². The fraction of sp³-hybridized carbons (Fsp3) is 0.692. The van der Waals surface area contributed by atoms with Crippen LogP contribution in [0, 0.1) is 0 Å². The van der Waals surface area contributed by atoms with E-state index in [0.29, 0.717) is 17.8 Å². The summed E-state index contributed by atoms with van der Waals surface area (Å²) in [6.45, 7) is 1.93. The van der Waals surface area contributed by atoms with Gasteiger partial charge in [0.2, 0.25) is 0 Å². The molecule has 0 spiro atoms. The molecule has 2 fully saturated rings. The van der Waals surface area contributed by atoms with Gasteiger partial charge >= 0.3 is 0 Å². The molecule has 3 rings (SSSR count). The summed E-state index contributed by atoms with van der Waals surface area (Å²) in [5.41, 5.74) is 5.89. The number of nitrogens with two attached hydrogens (primary N) is 1. The normalized spacial score (nSPS) is 24.3. The van der Waals surface area contributed by atoms with Crippen LogP contribution in [0.5, 0.6) is 0 Å². The van der Waals surface area contributed by atoms with Crippen molar-refractivity contribution in [3.8, 4) is 0 Å². The summed E-state index contributed by atoms with van der Waals surface area (Å²) in [6, 6.07) is 1.88. The molecule has 1 atom stereocenters. The van der Waals surface area contributed by atoms with Gasteiger partial charge in [-0.15, -0.1) is 0 Å². The molecule has 0 aromatic carbocycles. The van der Waals surface area contributed by atoms with E-state index in [1.807, 2.05) is 6.07 Å². The number of ether oxygens (including phenoxy) is 1. The lowest BCUT2D eigenvalue weighted by Crippen LogP contribution is -2.39. The van der Waals surface area contributed by atoms with Crippen LogP contribution in [0.1, 0.15) is 37.4 Å². The van der Waals surface area contributed by atoms with Crippen molar-refractivity contribution in [2.45, 2.75) is 37.7 Å². The van der Waals surface area contributed by atoms with E-state index in [1.54, 1.807) is 7.11 Å². The molecule has 98 valence electrons. The Morgan fingerprint density at radius 2 is 2.17 bits per heavy atom. The van der Waals surface area contributed by atoms with Crippen molar-refractivity contribution in [3.05, 3.63) is 11.9 Å².